The summed E-state index contributed by atoms with van der Waals surface area (Å²) in [6.45, 7) is 4.72. The molecule has 0 N–H and O–H groups in total. The van der Waals surface area contributed by atoms with Crippen LogP contribution in [0.1, 0.15) is 25.5 Å². The van der Waals surface area contributed by atoms with Gasteiger partial charge < -0.3 is 9.47 Å². The van der Waals surface area contributed by atoms with Crippen molar-refractivity contribution in [3.05, 3.63) is 59.1 Å². The molecule has 0 aliphatic carbocycles. The van der Waals surface area contributed by atoms with Gasteiger partial charge >= 0.3 is 0 Å². The maximum absolute atomic E-state index is 13.0. The molecule has 0 bridgehead atoms. The summed E-state index contributed by atoms with van der Waals surface area (Å²) in [7, 11) is -3.61. The number of halogens is 1. The molecule has 1 aliphatic heterocycles. The molecule has 2 aromatic carbocycles. The van der Waals surface area contributed by atoms with E-state index in [1.807, 2.05) is 32.0 Å². The summed E-state index contributed by atoms with van der Waals surface area (Å²) in [6.07, 6.45) is -0.344. The van der Waals surface area contributed by atoms with Crippen molar-refractivity contribution in [1.29, 1.82) is 0 Å². The summed E-state index contributed by atoms with van der Waals surface area (Å²) >= 11 is 6.23. The highest BCUT2D eigenvalue weighted by Gasteiger charge is 2.32. The Labute approximate surface area is 159 Å². The number of nitrogens with zero attached hydrogens (tertiary/aromatic N) is 1. The molecule has 0 radical (unpaired) electrons. The van der Waals surface area contributed by atoms with Gasteiger partial charge in [-0.1, -0.05) is 29.8 Å². The molecule has 1 heterocycles. The Bertz CT molecular complexity index is 852. The van der Waals surface area contributed by atoms with E-state index < -0.39 is 10.0 Å². The average molecular weight is 396 g/mol. The van der Waals surface area contributed by atoms with Crippen LogP contribution < -0.4 is 4.74 Å². The summed E-state index contributed by atoms with van der Waals surface area (Å²) in [5.74, 6) is 0.648. The Kier molecular flexibility index (Phi) is 5.87. The SMILES string of the molecule is CC(C)Oc1ccc(S(=O)(=O)N2CCOC(c3ccccc3Cl)C2)cc1. The monoisotopic (exact) mass is 395 g/mol. The molecule has 0 spiro atoms. The van der Waals surface area contributed by atoms with Crippen molar-refractivity contribution in [3.8, 4) is 5.75 Å². The van der Waals surface area contributed by atoms with Crippen LogP contribution in [0.3, 0.4) is 0 Å². The number of ether oxygens (including phenoxy) is 2. The van der Waals surface area contributed by atoms with Crippen molar-refractivity contribution >= 4 is 21.6 Å². The van der Waals surface area contributed by atoms with Crippen LogP contribution in [-0.2, 0) is 14.8 Å². The zero-order chi connectivity index (χ0) is 18.7. The minimum atomic E-state index is -3.61. The molecule has 2 aromatic rings. The number of hydrogen-bond donors (Lipinski definition) is 0. The van der Waals surface area contributed by atoms with Gasteiger partial charge in [0.05, 0.1) is 23.7 Å². The second-order valence-electron chi connectivity index (χ2n) is 6.38. The molecule has 26 heavy (non-hydrogen) atoms. The molecular weight excluding hydrogens is 374 g/mol. The van der Waals surface area contributed by atoms with E-state index in [0.717, 1.165) is 5.56 Å². The molecule has 0 saturated carbocycles. The van der Waals surface area contributed by atoms with E-state index in [2.05, 4.69) is 0 Å². The minimum Gasteiger partial charge on any atom is -0.491 e. The van der Waals surface area contributed by atoms with E-state index >= 15 is 0 Å². The summed E-state index contributed by atoms with van der Waals surface area (Å²) in [6, 6.07) is 13.9. The van der Waals surface area contributed by atoms with Crippen molar-refractivity contribution in [3.63, 3.8) is 0 Å². The first-order valence-electron chi connectivity index (χ1n) is 8.51. The Morgan fingerprint density at radius 1 is 1.15 bits per heavy atom. The molecule has 3 rings (SSSR count). The highest BCUT2D eigenvalue weighted by Crippen LogP contribution is 2.31. The second kappa shape index (κ2) is 7.96. The molecule has 140 valence electrons. The maximum Gasteiger partial charge on any atom is 0.243 e. The van der Waals surface area contributed by atoms with Crippen LogP contribution in [0.2, 0.25) is 5.02 Å². The van der Waals surface area contributed by atoms with E-state index in [-0.39, 0.29) is 23.6 Å². The van der Waals surface area contributed by atoms with Gasteiger partial charge in [-0.05, 0) is 44.2 Å². The quantitative estimate of drug-likeness (QED) is 0.770. The van der Waals surface area contributed by atoms with Crippen LogP contribution in [0, 0.1) is 0 Å². The largest absolute Gasteiger partial charge is 0.491 e. The minimum absolute atomic E-state index is 0.0353. The lowest BCUT2D eigenvalue weighted by Gasteiger charge is -2.32. The van der Waals surface area contributed by atoms with Crippen LogP contribution >= 0.6 is 11.6 Å². The van der Waals surface area contributed by atoms with Crippen LogP contribution in [-0.4, -0.2) is 38.5 Å². The first kappa shape index (κ1) is 19.2. The first-order chi connectivity index (χ1) is 12.4. The molecule has 1 aliphatic rings. The van der Waals surface area contributed by atoms with E-state index in [1.54, 1.807) is 30.3 Å². The fraction of sp³-hybridized carbons (Fsp3) is 0.368. The third-order valence-corrected chi connectivity index (χ3v) is 6.34. The Balaban J connectivity index is 1.79. The van der Waals surface area contributed by atoms with Gasteiger partial charge in [0.1, 0.15) is 5.75 Å². The molecule has 1 atom stereocenters. The number of rotatable bonds is 5. The Hall–Kier alpha value is -1.60. The van der Waals surface area contributed by atoms with Crippen LogP contribution in [0.15, 0.2) is 53.4 Å². The average Bonchev–Trinajstić information content (AvgIpc) is 2.62. The van der Waals surface area contributed by atoms with Gasteiger partial charge in [0.25, 0.3) is 0 Å². The summed E-state index contributed by atoms with van der Waals surface area (Å²) in [5.41, 5.74) is 0.801. The molecule has 0 aromatic heterocycles. The molecular formula is C19H22ClNO4S. The van der Waals surface area contributed by atoms with E-state index in [4.69, 9.17) is 21.1 Å². The fourth-order valence-electron chi connectivity index (χ4n) is 2.88. The van der Waals surface area contributed by atoms with Crippen LogP contribution in [0.5, 0.6) is 5.75 Å². The third-order valence-electron chi connectivity index (χ3n) is 4.11. The molecule has 1 fully saturated rings. The fourth-order valence-corrected chi connectivity index (χ4v) is 4.56. The van der Waals surface area contributed by atoms with Crippen molar-refractivity contribution < 1.29 is 17.9 Å². The molecule has 0 amide bonds. The number of benzene rings is 2. The van der Waals surface area contributed by atoms with Gasteiger partial charge in [-0.25, -0.2) is 8.42 Å². The molecule has 1 saturated heterocycles. The maximum atomic E-state index is 13.0. The highest BCUT2D eigenvalue weighted by atomic mass is 35.5. The lowest BCUT2D eigenvalue weighted by Crippen LogP contribution is -2.42. The topological polar surface area (TPSA) is 55.8 Å². The van der Waals surface area contributed by atoms with Gasteiger partial charge in [0.15, 0.2) is 0 Å². The van der Waals surface area contributed by atoms with Crippen molar-refractivity contribution in [1.82, 2.24) is 4.31 Å². The van der Waals surface area contributed by atoms with Crippen LogP contribution in [0.4, 0.5) is 0 Å². The molecule has 1 unspecified atom stereocenters. The summed E-state index contributed by atoms with van der Waals surface area (Å²) in [5, 5.41) is 0.576. The zero-order valence-electron chi connectivity index (χ0n) is 14.8. The smallest absolute Gasteiger partial charge is 0.243 e. The Morgan fingerprint density at radius 3 is 2.50 bits per heavy atom. The van der Waals surface area contributed by atoms with Crippen molar-refractivity contribution in [2.45, 2.75) is 31.0 Å². The van der Waals surface area contributed by atoms with Crippen molar-refractivity contribution in [2.24, 2.45) is 0 Å². The van der Waals surface area contributed by atoms with E-state index in [9.17, 15) is 8.42 Å². The molecule has 5 nitrogen and oxygen atoms in total. The standard InChI is InChI=1S/C19H22ClNO4S/c1-14(2)25-15-7-9-16(10-8-15)26(22,23)21-11-12-24-19(13-21)17-5-3-4-6-18(17)20/h3-10,14,19H,11-13H2,1-2H3. The number of sulfonamides is 1. The van der Waals surface area contributed by atoms with Gasteiger partial charge in [-0.2, -0.15) is 4.31 Å². The van der Waals surface area contributed by atoms with E-state index in [0.29, 0.717) is 23.9 Å². The van der Waals surface area contributed by atoms with E-state index in [1.165, 1.54) is 4.31 Å². The highest BCUT2D eigenvalue weighted by molar-refractivity contribution is 7.89. The van der Waals surface area contributed by atoms with Gasteiger partial charge in [0.2, 0.25) is 10.0 Å². The predicted molar refractivity (Wildman–Crippen MR) is 101 cm³/mol. The van der Waals surface area contributed by atoms with Gasteiger partial charge in [0, 0.05) is 23.7 Å². The third kappa shape index (κ3) is 4.20. The lowest BCUT2D eigenvalue weighted by atomic mass is 10.1. The number of hydrogen-bond acceptors (Lipinski definition) is 4. The number of morpholine rings is 1. The zero-order valence-corrected chi connectivity index (χ0v) is 16.3. The van der Waals surface area contributed by atoms with Crippen molar-refractivity contribution in [2.75, 3.05) is 19.7 Å². The Morgan fingerprint density at radius 2 is 1.85 bits per heavy atom. The summed E-state index contributed by atoms with van der Waals surface area (Å²) < 4.78 is 38.7. The van der Waals surface area contributed by atoms with Crippen LogP contribution in [0.25, 0.3) is 0 Å². The van der Waals surface area contributed by atoms with Gasteiger partial charge in [-0.3, -0.25) is 0 Å². The predicted octanol–water partition coefficient (Wildman–Crippen LogP) is 3.89. The first-order valence-corrected chi connectivity index (χ1v) is 10.3. The molecule has 7 heteroatoms. The normalized spacial score (nSPS) is 18.8. The second-order valence-corrected chi connectivity index (χ2v) is 8.73. The summed E-state index contributed by atoms with van der Waals surface area (Å²) in [4.78, 5) is 0.244. The lowest BCUT2D eigenvalue weighted by molar-refractivity contribution is -0.00249. The van der Waals surface area contributed by atoms with Gasteiger partial charge in [-0.15, -0.1) is 0 Å².